The number of amides is 1. The summed E-state index contributed by atoms with van der Waals surface area (Å²) in [4.78, 5) is 19.8. The molecule has 0 bridgehead atoms. The fourth-order valence-electron chi connectivity index (χ4n) is 3.64. The molecule has 0 radical (unpaired) electrons. The quantitative estimate of drug-likeness (QED) is 0.499. The Bertz CT molecular complexity index is 1180. The van der Waals surface area contributed by atoms with E-state index in [1.807, 2.05) is 35.2 Å². The van der Waals surface area contributed by atoms with Crippen LogP contribution in [0, 0.1) is 5.82 Å². The second-order valence-corrected chi connectivity index (χ2v) is 7.99. The van der Waals surface area contributed by atoms with E-state index in [2.05, 4.69) is 4.98 Å². The predicted molar refractivity (Wildman–Crippen MR) is 108 cm³/mol. The third-order valence-electron chi connectivity index (χ3n) is 5.01. The van der Waals surface area contributed by atoms with E-state index in [9.17, 15) is 9.18 Å². The van der Waals surface area contributed by atoms with Crippen molar-refractivity contribution in [3.63, 3.8) is 0 Å². The summed E-state index contributed by atoms with van der Waals surface area (Å²) in [6.07, 6.45) is 2.46. The van der Waals surface area contributed by atoms with Gasteiger partial charge >= 0.3 is 0 Å². The van der Waals surface area contributed by atoms with Crippen molar-refractivity contribution >= 4 is 38.2 Å². The Morgan fingerprint density at radius 2 is 2.04 bits per heavy atom. The van der Waals surface area contributed by atoms with Crippen LogP contribution >= 0.6 is 11.3 Å². The Morgan fingerprint density at radius 3 is 2.96 bits per heavy atom. The molecule has 0 spiro atoms. The average Bonchev–Trinajstić information content (AvgIpc) is 3.34. The van der Waals surface area contributed by atoms with Gasteiger partial charge in [-0.15, -0.1) is 11.3 Å². The smallest absolute Gasteiger partial charge is 0.264 e. The van der Waals surface area contributed by atoms with E-state index in [0.717, 1.165) is 33.2 Å². The van der Waals surface area contributed by atoms with Crippen LogP contribution < -0.4 is 4.74 Å². The first-order valence-electron chi connectivity index (χ1n) is 9.16. The zero-order chi connectivity index (χ0) is 19.1. The van der Waals surface area contributed by atoms with Gasteiger partial charge in [-0.05, 0) is 41.8 Å². The van der Waals surface area contributed by atoms with E-state index in [-0.39, 0.29) is 17.8 Å². The van der Waals surface area contributed by atoms with Gasteiger partial charge in [0.25, 0.3) is 5.91 Å². The number of aromatic nitrogens is 1. The van der Waals surface area contributed by atoms with Crippen molar-refractivity contribution in [2.75, 3.05) is 13.1 Å². The number of rotatable bonds is 3. The monoisotopic (exact) mass is 392 g/mol. The van der Waals surface area contributed by atoms with Crippen LogP contribution in [0.3, 0.4) is 0 Å². The highest BCUT2D eigenvalue weighted by molar-refractivity contribution is 7.20. The van der Waals surface area contributed by atoms with Crippen LogP contribution in [0.1, 0.15) is 16.1 Å². The van der Waals surface area contributed by atoms with E-state index in [4.69, 9.17) is 4.74 Å². The molecule has 0 N–H and O–H groups in total. The third-order valence-corrected chi connectivity index (χ3v) is 6.11. The Hall–Kier alpha value is -2.99. The fraction of sp³-hybridized carbons (Fsp3) is 0.182. The van der Waals surface area contributed by atoms with Crippen LogP contribution in [-0.4, -0.2) is 35.0 Å². The van der Waals surface area contributed by atoms with Crippen LogP contribution in [0.4, 0.5) is 4.39 Å². The lowest BCUT2D eigenvalue weighted by Crippen LogP contribution is -2.30. The minimum Gasteiger partial charge on any atom is -0.486 e. The largest absolute Gasteiger partial charge is 0.486 e. The van der Waals surface area contributed by atoms with Crippen LogP contribution in [0.15, 0.2) is 60.8 Å². The van der Waals surface area contributed by atoms with E-state index in [0.29, 0.717) is 18.0 Å². The molecular formula is C22H17FN2O2S. The Morgan fingerprint density at radius 1 is 1.14 bits per heavy atom. The fourth-order valence-corrected chi connectivity index (χ4v) is 4.65. The summed E-state index contributed by atoms with van der Waals surface area (Å²) in [5.74, 6) is 0.432. The van der Waals surface area contributed by atoms with Gasteiger partial charge in [0.05, 0.1) is 11.4 Å². The molecular weight excluding hydrogens is 375 g/mol. The normalized spacial score (nSPS) is 16.8. The number of halogens is 1. The van der Waals surface area contributed by atoms with E-state index in [1.165, 1.54) is 23.5 Å². The van der Waals surface area contributed by atoms with Crippen molar-refractivity contribution in [2.45, 2.75) is 12.5 Å². The molecule has 1 atom stereocenters. The van der Waals surface area contributed by atoms with Gasteiger partial charge in [0.1, 0.15) is 23.2 Å². The summed E-state index contributed by atoms with van der Waals surface area (Å²) in [7, 11) is 0. The van der Waals surface area contributed by atoms with Crippen molar-refractivity contribution in [2.24, 2.45) is 0 Å². The molecule has 140 valence electrons. The molecule has 4 nitrogen and oxygen atoms in total. The summed E-state index contributed by atoms with van der Waals surface area (Å²) < 4.78 is 20.5. The predicted octanol–water partition coefficient (Wildman–Crippen LogP) is 4.88. The molecule has 1 amide bonds. The van der Waals surface area contributed by atoms with E-state index in [1.54, 1.807) is 18.3 Å². The van der Waals surface area contributed by atoms with Crippen molar-refractivity contribution < 1.29 is 13.9 Å². The second-order valence-electron chi connectivity index (χ2n) is 6.90. The lowest BCUT2D eigenvalue weighted by atomic mass is 10.2. The Kier molecular flexibility index (Phi) is 4.20. The van der Waals surface area contributed by atoms with Gasteiger partial charge in [-0.2, -0.15) is 0 Å². The molecule has 0 aliphatic carbocycles. The molecule has 4 aromatic rings. The number of para-hydroxylation sites is 1. The number of nitrogens with zero attached hydrogens (tertiary/aromatic N) is 2. The van der Waals surface area contributed by atoms with Gasteiger partial charge in [-0.3, -0.25) is 9.78 Å². The molecule has 2 aromatic heterocycles. The maximum atomic E-state index is 13.4. The van der Waals surface area contributed by atoms with E-state index >= 15 is 0 Å². The average molecular weight is 392 g/mol. The highest BCUT2D eigenvalue weighted by Crippen LogP contribution is 2.30. The summed E-state index contributed by atoms with van der Waals surface area (Å²) >= 11 is 1.40. The molecule has 3 heterocycles. The first-order chi connectivity index (χ1) is 13.7. The van der Waals surface area contributed by atoms with Crippen molar-refractivity contribution in [1.29, 1.82) is 0 Å². The SMILES string of the molecule is O=C(c1cc2cc(F)ccc2s1)N1CC[C@@H](Oc2cccc3cccnc23)C1. The zero-order valence-corrected chi connectivity index (χ0v) is 15.8. The van der Waals surface area contributed by atoms with Gasteiger partial charge in [-0.25, -0.2) is 4.39 Å². The molecule has 6 heteroatoms. The molecule has 0 saturated carbocycles. The number of carbonyl (C=O) groups is 1. The molecule has 0 unspecified atom stereocenters. The molecule has 1 fully saturated rings. The highest BCUT2D eigenvalue weighted by Gasteiger charge is 2.29. The Labute approximate surface area is 165 Å². The van der Waals surface area contributed by atoms with Crippen molar-refractivity contribution in [1.82, 2.24) is 9.88 Å². The summed E-state index contributed by atoms with van der Waals surface area (Å²) in [6.45, 7) is 1.18. The first-order valence-corrected chi connectivity index (χ1v) is 9.98. The van der Waals surface area contributed by atoms with E-state index < -0.39 is 0 Å². The lowest BCUT2D eigenvalue weighted by molar-refractivity contribution is 0.0777. The number of benzene rings is 2. The number of hydrogen-bond acceptors (Lipinski definition) is 4. The number of thiophene rings is 1. The Balaban J connectivity index is 1.32. The topological polar surface area (TPSA) is 42.4 Å². The number of ether oxygens (including phenoxy) is 1. The lowest BCUT2D eigenvalue weighted by Gasteiger charge is -2.17. The van der Waals surface area contributed by atoms with Crippen LogP contribution in [0.5, 0.6) is 5.75 Å². The number of carbonyl (C=O) groups excluding carboxylic acids is 1. The van der Waals surface area contributed by atoms with Crippen LogP contribution in [0.2, 0.25) is 0 Å². The van der Waals surface area contributed by atoms with Gasteiger partial charge < -0.3 is 9.64 Å². The zero-order valence-electron chi connectivity index (χ0n) is 15.0. The molecule has 2 aromatic carbocycles. The minimum atomic E-state index is -0.289. The summed E-state index contributed by atoms with van der Waals surface area (Å²) in [5.41, 5.74) is 0.835. The van der Waals surface area contributed by atoms with Gasteiger partial charge in [-0.1, -0.05) is 18.2 Å². The van der Waals surface area contributed by atoms with Gasteiger partial charge in [0.15, 0.2) is 0 Å². The summed E-state index contributed by atoms with van der Waals surface area (Å²) in [5, 5.41) is 1.80. The minimum absolute atomic E-state index is 0.0243. The molecule has 28 heavy (non-hydrogen) atoms. The summed E-state index contributed by atoms with van der Waals surface area (Å²) in [6, 6.07) is 16.2. The van der Waals surface area contributed by atoms with Crippen molar-refractivity contribution in [3.05, 3.63) is 71.5 Å². The number of fused-ring (bicyclic) bond motifs is 2. The third kappa shape index (κ3) is 3.10. The van der Waals surface area contributed by atoms with Gasteiger partial charge in [0, 0.05) is 29.2 Å². The number of pyridine rings is 1. The molecule has 1 saturated heterocycles. The second kappa shape index (κ2) is 6.87. The van der Waals surface area contributed by atoms with Gasteiger partial charge in [0.2, 0.25) is 0 Å². The van der Waals surface area contributed by atoms with Crippen LogP contribution in [-0.2, 0) is 0 Å². The maximum Gasteiger partial charge on any atom is 0.264 e. The highest BCUT2D eigenvalue weighted by atomic mass is 32.1. The molecule has 5 rings (SSSR count). The van der Waals surface area contributed by atoms with Crippen LogP contribution in [0.25, 0.3) is 21.0 Å². The number of likely N-dealkylation sites (tertiary alicyclic amines) is 1. The number of hydrogen-bond donors (Lipinski definition) is 0. The molecule has 1 aliphatic rings. The van der Waals surface area contributed by atoms with Crippen molar-refractivity contribution in [3.8, 4) is 5.75 Å². The maximum absolute atomic E-state index is 13.4. The first kappa shape index (κ1) is 17.1. The molecule has 1 aliphatic heterocycles. The standard InChI is InChI=1S/C22H17FN2O2S/c23-16-6-7-19-15(11-16)12-20(28-19)22(26)25-10-8-17(13-25)27-18-5-1-3-14-4-2-9-24-21(14)18/h1-7,9,11-12,17H,8,10,13H2/t17-/m1/s1.